The molecule has 0 aliphatic heterocycles. The Labute approximate surface area is 114 Å². The van der Waals surface area contributed by atoms with Crippen LogP contribution in [0.4, 0.5) is 0 Å². The van der Waals surface area contributed by atoms with E-state index in [0.717, 1.165) is 17.9 Å². The lowest BCUT2D eigenvalue weighted by molar-refractivity contribution is 0.234. The molecule has 2 aliphatic rings. The lowest BCUT2D eigenvalue weighted by Crippen LogP contribution is -2.35. The van der Waals surface area contributed by atoms with Crippen molar-refractivity contribution in [1.29, 1.82) is 0 Å². The summed E-state index contributed by atoms with van der Waals surface area (Å²) in [6, 6.07) is 0.832. The zero-order valence-corrected chi connectivity index (χ0v) is 12.4. The molecule has 2 saturated carbocycles. The van der Waals surface area contributed by atoms with Crippen molar-refractivity contribution in [3.8, 4) is 0 Å². The predicted octanol–water partition coefficient (Wildman–Crippen LogP) is 4.91. The standard InChI is InChI=1S/C17H33N/c1-2-12-18-17(14-16-10-7-11-16)13-15-8-5-3-4-6-9-15/h15-18H,2-14H2,1H3. The minimum absolute atomic E-state index is 0.832. The van der Waals surface area contributed by atoms with Crippen molar-refractivity contribution in [3.05, 3.63) is 0 Å². The maximum Gasteiger partial charge on any atom is 0.00723 e. The molecule has 2 fully saturated rings. The van der Waals surface area contributed by atoms with Crippen molar-refractivity contribution in [2.45, 2.75) is 90.0 Å². The number of hydrogen-bond acceptors (Lipinski definition) is 1. The first-order valence-electron chi connectivity index (χ1n) is 8.62. The molecule has 0 aromatic heterocycles. The molecule has 18 heavy (non-hydrogen) atoms. The highest BCUT2D eigenvalue weighted by molar-refractivity contribution is 4.80. The Morgan fingerprint density at radius 1 is 0.833 bits per heavy atom. The highest BCUT2D eigenvalue weighted by Gasteiger charge is 2.24. The molecule has 0 spiro atoms. The molecule has 2 aliphatic carbocycles. The fourth-order valence-electron chi connectivity index (χ4n) is 3.74. The maximum absolute atomic E-state index is 3.84. The molecule has 0 bridgehead atoms. The quantitative estimate of drug-likeness (QED) is 0.634. The second-order valence-corrected chi connectivity index (χ2v) is 6.78. The van der Waals surface area contributed by atoms with Crippen molar-refractivity contribution in [2.75, 3.05) is 6.54 Å². The van der Waals surface area contributed by atoms with Gasteiger partial charge in [0.05, 0.1) is 0 Å². The Kier molecular flexibility index (Phi) is 6.54. The van der Waals surface area contributed by atoms with Crippen molar-refractivity contribution < 1.29 is 0 Å². The monoisotopic (exact) mass is 251 g/mol. The number of nitrogens with one attached hydrogen (secondary N) is 1. The van der Waals surface area contributed by atoms with Gasteiger partial charge in [0.2, 0.25) is 0 Å². The van der Waals surface area contributed by atoms with Crippen LogP contribution in [0.1, 0.15) is 84.0 Å². The van der Waals surface area contributed by atoms with E-state index >= 15 is 0 Å². The van der Waals surface area contributed by atoms with Crippen LogP contribution in [0.25, 0.3) is 0 Å². The zero-order chi connectivity index (χ0) is 12.6. The van der Waals surface area contributed by atoms with Crippen molar-refractivity contribution in [2.24, 2.45) is 11.8 Å². The predicted molar refractivity (Wildman–Crippen MR) is 79.8 cm³/mol. The normalized spacial score (nSPS) is 24.5. The van der Waals surface area contributed by atoms with Crippen LogP contribution in [0.3, 0.4) is 0 Å². The molecule has 0 saturated heterocycles. The largest absolute Gasteiger partial charge is 0.314 e. The topological polar surface area (TPSA) is 12.0 Å². The van der Waals surface area contributed by atoms with Crippen LogP contribution in [-0.2, 0) is 0 Å². The van der Waals surface area contributed by atoms with E-state index in [1.807, 2.05) is 0 Å². The first-order valence-corrected chi connectivity index (χ1v) is 8.62. The van der Waals surface area contributed by atoms with Crippen molar-refractivity contribution in [1.82, 2.24) is 5.32 Å². The zero-order valence-electron chi connectivity index (χ0n) is 12.4. The third-order valence-corrected chi connectivity index (χ3v) is 5.12. The smallest absolute Gasteiger partial charge is 0.00723 e. The summed E-state index contributed by atoms with van der Waals surface area (Å²) in [6.07, 6.45) is 17.7. The Morgan fingerprint density at radius 2 is 1.39 bits per heavy atom. The minimum Gasteiger partial charge on any atom is -0.314 e. The summed E-state index contributed by atoms with van der Waals surface area (Å²) in [7, 11) is 0. The van der Waals surface area contributed by atoms with E-state index in [-0.39, 0.29) is 0 Å². The summed E-state index contributed by atoms with van der Waals surface area (Å²) in [6.45, 7) is 3.52. The first-order chi connectivity index (χ1) is 8.88. The van der Waals surface area contributed by atoms with Gasteiger partial charge in [-0.15, -0.1) is 0 Å². The lowest BCUT2D eigenvalue weighted by atomic mass is 9.78. The molecule has 0 amide bonds. The van der Waals surface area contributed by atoms with Gasteiger partial charge in [-0.3, -0.25) is 0 Å². The summed E-state index contributed by atoms with van der Waals surface area (Å²) in [5, 5.41) is 3.84. The van der Waals surface area contributed by atoms with Gasteiger partial charge in [-0.05, 0) is 37.6 Å². The summed E-state index contributed by atoms with van der Waals surface area (Å²) in [4.78, 5) is 0. The molecular weight excluding hydrogens is 218 g/mol. The molecule has 1 atom stereocenters. The second-order valence-electron chi connectivity index (χ2n) is 6.78. The minimum atomic E-state index is 0.832. The van der Waals surface area contributed by atoms with Gasteiger partial charge in [-0.1, -0.05) is 64.7 Å². The lowest BCUT2D eigenvalue weighted by Gasteiger charge is -2.32. The second kappa shape index (κ2) is 8.19. The summed E-state index contributed by atoms with van der Waals surface area (Å²) in [5.74, 6) is 2.09. The van der Waals surface area contributed by atoms with Gasteiger partial charge in [0.1, 0.15) is 0 Å². The van der Waals surface area contributed by atoms with Crippen LogP contribution >= 0.6 is 0 Å². The Balaban J connectivity index is 1.74. The van der Waals surface area contributed by atoms with Gasteiger partial charge in [0, 0.05) is 6.04 Å². The summed E-state index contributed by atoms with van der Waals surface area (Å²) in [5.41, 5.74) is 0. The SMILES string of the molecule is CCCNC(CC1CCCCCC1)CC1CCC1. The average molecular weight is 251 g/mol. The van der Waals surface area contributed by atoms with Crippen LogP contribution in [0.15, 0.2) is 0 Å². The van der Waals surface area contributed by atoms with E-state index in [1.54, 1.807) is 0 Å². The average Bonchev–Trinajstić information content (AvgIpc) is 2.58. The van der Waals surface area contributed by atoms with E-state index in [0.29, 0.717) is 0 Å². The first kappa shape index (κ1) is 14.4. The van der Waals surface area contributed by atoms with Gasteiger partial charge in [-0.2, -0.15) is 0 Å². The summed E-state index contributed by atoms with van der Waals surface area (Å²) < 4.78 is 0. The highest BCUT2D eigenvalue weighted by atomic mass is 14.9. The summed E-state index contributed by atoms with van der Waals surface area (Å²) >= 11 is 0. The van der Waals surface area contributed by atoms with E-state index in [2.05, 4.69) is 12.2 Å². The molecule has 106 valence electrons. The van der Waals surface area contributed by atoms with Gasteiger partial charge in [-0.25, -0.2) is 0 Å². The number of rotatable bonds is 7. The van der Waals surface area contributed by atoms with E-state index < -0.39 is 0 Å². The maximum atomic E-state index is 3.84. The van der Waals surface area contributed by atoms with Gasteiger partial charge < -0.3 is 5.32 Å². The van der Waals surface area contributed by atoms with Gasteiger partial charge in [0.15, 0.2) is 0 Å². The van der Waals surface area contributed by atoms with Crippen molar-refractivity contribution in [3.63, 3.8) is 0 Å². The van der Waals surface area contributed by atoms with Crippen LogP contribution in [0, 0.1) is 11.8 Å². The third-order valence-electron chi connectivity index (χ3n) is 5.12. The van der Waals surface area contributed by atoms with Crippen LogP contribution < -0.4 is 5.32 Å². The molecule has 0 aromatic rings. The molecule has 0 radical (unpaired) electrons. The van der Waals surface area contributed by atoms with E-state index in [4.69, 9.17) is 0 Å². The van der Waals surface area contributed by atoms with Crippen LogP contribution in [0.5, 0.6) is 0 Å². The molecule has 1 heteroatoms. The Morgan fingerprint density at radius 3 is 1.83 bits per heavy atom. The molecular formula is C17H33N. The van der Waals surface area contributed by atoms with E-state index in [1.165, 1.54) is 83.6 Å². The van der Waals surface area contributed by atoms with Crippen molar-refractivity contribution >= 4 is 0 Å². The molecule has 1 nitrogen and oxygen atoms in total. The van der Waals surface area contributed by atoms with E-state index in [9.17, 15) is 0 Å². The Hall–Kier alpha value is -0.0400. The van der Waals surface area contributed by atoms with Crippen LogP contribution in [0.2, 0.25) is 0 Å². The molecule has 1 N–H and O–H groups in total. The Bertz CT molecular complexity index is 202. The van der Waals surface area contributed by atoms with Gasteiger partial charge >= 0.3 is 0 Å². The fraction of sp³-hybridized carbons (Fsp3) is 1.00. The molecule has 1 unspecified atom stereocenters. The fourth-order valence-corrected chi connectivity index (χ4v) is 3.74. The molecule has 0 heterocycles. The van der Waals surface area contributed by atoms with Crippen LogP contribution in [-0.4, -0.2) is 12.6 Å². The molecule has 0 aromatic carbocycles. The molecule has 2 rings (SSSR count). The van der Waals surface area contributed by atoms with Gasteiger partial charge in [0.25, 0.3) is 0 Å². The third kappa shape index (κ3) is 4.91. The number of hydrogen-bond donors (Lipinski definition) is 1. The highest BCUT2D eigenvalue weighted by Crippen LogP contribution is 2.33.